The molecule has 2 heterocycles. The van der Waals surface area contributed by atoms with Gasteiger partial charge in [0.05, 0.1) is 11.3 Å². The first-order valence-corrected chi connectivity index (χ1v) is 13.1. The Balaban J connectivity index is 1.70. The van der Waals surface area contributed by atoms with E-state index in [2.05, 4.69) is 59.0 Å². The SMILES string of the molecule is CS[C@@H]1CC(C)[N+](C(=O)NCC#N)(c2cc(-c3ccc(N4CCNCC4)cc3)ccc2Cl)C1. The molecule has 2 unspecified atom stereocenters. The molecule has 8 heteroatoms. The van der Waals surface area contributed by atoms with E-state index in [1.54, 1.807) is 11.8 Å². The van der Waals surface area contributed by atoms with Gasteiger partial charge in [-0.3, -0.25) is 5.32 Å². The van der Waals surface area contributed by atoms with Crippen LogP contribution in [0.2, 0.25) is 5.02 Å². The molecule has 3 atom stereocenters. The van der Waals surface area contributed by atoms with Crippen molar-refractivity contribution in [3.05, 3.63) is 47.5 Å². The average molecular weight is 485 g/mol. The number of rotatable bonds is 5. The number of halogens is 1. The molecule has 2 aliphatic heterocycles. The molecule has 0 bridgehead atoms. The number of nitriles is 1. The summed E-state index contributed by atoms with van der Waals surface area (Å²) in [7, 11) is 0. The maximum Gasteiger partial charge on any atom is 0.422 e. The number of hydrogen-bond acceptors (Lipinski definition) is 5. The molecule has 2 N–H and O–H groups in total. The molecular weight excluding hydrogens is 454 g/mol. The summed E-state index contributed by atoms with van der Waals surface area (Å²) < 4.78 is 0.124. The second-order valence-corrected chi connectivity index (χ2v) is 10.3. The molecule has 174 valence electrons. The molecule has 33 heavy (non-hydrogen) atoms. The number of nitrogens with zero attached hydrogens (tertiary/aromatic N) is 3. The van der Waals surface area contributed by atoms with E-state index in [0.717, 1.165) is 49.4 Å². The predicted octanol–water partition coefficient (Wildman–Crippen LogP) is 4.48. The van der Waals surface area contributed by atoms with Crippen LogP contribution < -0.4 is 20.0 Å². The zero-order chi connectivity index (χ0) is 23.4. The molecule has 0 spiro atoms. The van der Waals surface area contributed by atoms with Crippen molar-refractivity contribution in [2.75, 3.05) is 50.4 Å². The zero-order valence-electron chi connectivity index (χ0n) is 19.2. The van der Waals surface area contributed by atoms with Gasteiger partial charge < -0.3 is 10.2 Å². The maximum absolute atomic E-state index is 13.4. The van der Waals surface area contributed by atoms with E-state index >= 15 is 0 Å². The lowest BCUT2D eigenvalue weighted by molar-refractivity contribution is 0.197. The number of benzene rings is 2. The quantitative estimate of drug-likeness (QED) is 0.483. The molecule has 2 aliphatic rings. The fourth-order valence-electron chi connectivity index (χ4n) is 5.08. The van der Waals surface area contributed by atoms with Crippen LogP contribution in [0.15, 0.2) is 42.5 Å². The van der Waals surface area contributed by atoms with Gasteiger partial charge in [-0.25, -0.2) is 9.28 Å². The Morgan fingerprint density at radius 2 is 1.94 bits per heavy atom. The van der Waals surface area contributed by atoms with Gasteiger partial charge in [0.1, 0.15) is 24.2 Å². The normalized spacial score (nSPS) is 25.0. The third kappa shape index (κ3) is 4.71. The molecule has 0 saturated carbocycles. The summed E-state index contributed by atoms with van der Waals surface area (Å²) in [6, 6.07) is 16.5. The van der Waals surface area contributed by atoms with Crippen molar-refractivity contribution in [1.82, 2.24) is 15.1 Å². The van der Waals surface area contributed by atoms with Gasteiger partial charge in [-0.15, -0.1) is 0 Å². The number of carbonyl (C=O) groups is 1. The summed E-state index contributed by atoms with van der Waals surface area (Å²) in [6.07, 6.45) is 3.00. The number of likely N-dealkylation sites (tertiary alicyclic amines) is 1. The van der Waals surface area contributed by atoms with Crippen LogP contribution in [-0.4, -0.2) is 62.8 Å². The number of nitrogens with one attached hydrogen (secondary N) is 2. The van der Waals surface area contributed by atoms with Gasteiger partial charge >= 0.3 is 6.03 Å². The average Bonchev–Trinajstić information content (AvgIpc) is 3.20. The fraction of sp³-hybridized carbons (Fsp3) is 0.440. The molecule has 2 saturated heterocycles. The minimum atomic E-state index is -0.159. The molecule has 2 aromatic carbocycles. The van der Waals surface area contributed by atoms with Crippen molar-refractivity contribution in [1.29, 1.82) is 5.26 Å². The van der Waals surface area contributed by atoms with E-state index in [1.807, 2.05) is 18.2 Å². The summed E-state index contributed by atoms with van der Waals surface area (Å²) in [4.78, 5) is 15.8. The van der Waals surface area contributed by atoms with Crippen LogP contribution in [0.3, 0.4) is 0 Å². The highest BCUT2D eigenvalue weighted by molar-refractivity contribution is 7.99. The highest BCUT2D eigenvalue weighted by Crippen LogP contribution is 2.43. The lowest BCUT2D eigenvalue weighted by Gasteiger charge is -2.35. The number of hydrogen-bond donors (Lipinski definition) is 2. The Morgan fingerprint density at radius 3 is 2.58 bits per heavy atom. The molecular formula is C25H31ClN5OS+. The largest absolute Gasteiger partial charge is 0.422 e. The van der Waals surface area contributed by atoms with Gasteiger partial charge in [0.25, 0.3) is 0 Å². The smallest absolute Gasteiger partial charge is 0.369 e. The molecule has 2 aromatic rings. The van der Waals surface area contributed by atoms with Crippen LogP contribution >= 0.6 is 23.4 Å². The summed E-state index contributed by atoms with van der Waals surface area (Å²) in [5.74, 6) is 0. The molecule has 2 amide bonds. The number of thioether (sulfide) groups is 1. The Morgan fingerprint density at radius 1 is 1.24 bits per heavy atom. The first-order chi connectivity index (χ1) is 16.0. The predicted molar refractivity (Wildman–Crippen MR) is 139 cm³/mol. The molecule has 2 fully saturated rings. The number of carbonyl (C=O) groups excluding carboxylic acids is 1. The number of anilines is 1. The first-order valence-electron chi connectivity index (χ1n) is 11.4. The van der Waals surface area contributed by atoms with E-state index in [-0.39, 0.29) is 23.1 Å². The minimum Gasteiger partial charge on any atom is -0.369 e. The van der Waals surface area contributed by atoms with E-state index < -0.39 is 0 Å². The Bertz CT molecular complexity index is 1030. The van der Waals surface area contributed by atoms with Gasteiger partial charge in [0, 0.05) is 44.4 Å². The van der Waals surface area contributed by atoms with Crippen molar-refractivity contribution in [2.45, 2.75) is 24.6 Å². The van der Waals surface area contributed by atoms with E-state index in [1.165, 1.54) is 5.69 Å². The molecule has 0 radical (unpaired) electrons. The highest BCUT2D eigenvalue weighted by Gasteiger charge is 2.53. The minimum absolute atomic E-state index is 0.0136. The standard InChI is InChI=1S/C25H30ClN5OS/c1-18-15-22(33-2)17-31(18,25(32)29-10-9-27)24-16-20(5-8-23(24)26)19-3-6-21(7-4-19)30-13-11-28-12-14-30/h3-8,16,18,22,28H,10-15,17H2,1-2H3/p+1/t18?,22-,31?/m1/s1. The van der Waals surface area contributed by atoms with E-state index in [4.69, 9.17) is 16.9 Å². The summed E-state index contributed by atoms with van der Waals surface area (Å²) in [5, 5.41) is 16.2. The van der Waals surface area contributed by atoms with Gasteiger partial charge in [0.15, 0.2) is 5.69 Å². The van der Waals surface area contributed by atoms with Crippen LogP contribution in [0.4, 0.5) is 16.2 Å². The maximum atomic E-state index is 13.4. The summed E-state index contributed by atoms with van der Waals surface area (Å²) >= 11 is 8.52. The topological polar surface area (TPSA) is 68.2 Å². The Labute approximate surface area is 205 Å². The monoisotopic (exact) mass is 484 g/mol. The lowest BCUT2D eigenvalue weighted by Crippen LogP contribution is -2.61. The number of amides is 2. The summed E-state index contributed by atoms with van der Waals surface area (Å²) in [5.41, 5.74) is 4.16. The molecule has 0 aromatic heterocycles. The molecule has 6 nitrogen and oxygen atoms in total. The highest BCUT2D eigenvalue weighted by atomic mass is 35.5. The van der Waals surface area contributed by atoms with Gasteiger partial charge in [-0.2, -0.15) is 17.0 Å². The van der Waals surface area contributed by atoms with Crippen molar-refractivity contribution in [2.24, 2.45) is 0 Å². The Kier molecular flexibility index (Phi) is 7.50. The third-order valence-electron chi connectivity index (χ3n) is 6.92. The van der Waals surface area contributed by atoms with Gasteiger partial charge in [0.2, 0.25) is 0 Å². The second kappa shape index (κ2) is 10.4. The lowest BCUT2D eigenvalue weighted by atomic mass is 10.0. The van der Waals surface area contributed by atoms with Gasteiger partial charge in [-0.05, 0) is 42.5 Å². The van der Waals surface area contributed by atoms with Crippen LogP contribution in [0, 0.1) is 11.3 Å². The van der Waals surface area contributed by atoms with E-state index in [9.17, 15) is 4.79 Å². The number of piperazine rings is 1. The molecule has 0 aliphatic carbocycles. The zero-order valence-corrected chi connectivity index (χ0v) is 20.8. The van der Waals surface area contributed by atoms with Gasteiger partial charge in [-0.1, -0.05) is 29.8 Å². The van der Waals surface area contributed by atoms with Crippen LogP contribution in [-0.2, 0) is 0 Å². The van der Waals surface area contributed by atoms with Crippen molar-refractivity contribution >= 4 is 40.8 Å². The first kappa shape index (κ1) is 23.9. The van der Waals surface area contributed by atoms with Crippen LogP contribution in [0.25, 0.3) is 11.1 Å². The second-order valence-electron chi connectivity index (χ2n) is 8.76. The van der Waals surface area contributed by atoms with Crippen molar-refractivity contribution in [3.63, 3.8) is 0 Å². The molecule has 4 rings (SSSR count). The van der Waals surface area contributed by atoms with E-state index in [0.29, 0.717) is 16.8 Å². The van der Waals surface area contributed by atoms with Crippen molar-refractivity contribution in [3.8, 4) is 17.2 Å². The third-order valence-corrected chi connectivity index (χ3v) is 8.25. The Hall–Kier alpha value is -2.24. The fourth-order valence-corrected chi connectivity index (χ4v) is 6.20. The summed E-state index contributed by atoms with van der Waals surface area (Å²) in [6.45, 7) is 6.78. The van der Waals surface area contributed by atoms with Crippen LogP contribution in [0.1, 0.15) is 13.3 Å². The number of urea groups is 1. The number of quaternary nitrogens is 1. The van der Waals surface area contributed by atoms with Crippen LogP contribution in [0.5, 0.6) is 0 Å². The van der Waals surface area contributed by atoms with Crippen molar-refractivity contribution < 1.29 is 4.79 Å².